The molecule has 0 aliphatic rings. The summed E-state index contributed by atoms with van der Waals surface area (Å²) in [6.45, 7) is 7.78. The molecule has 0 saturated carbocycles. The second-order valence-corrected chi connectivity index (χ2v) is 7.58. The van der Waals surface area contributed by atoms with E-state index >= 15 is 0 Å². The smallest absolute Gasteiger partial charge is 0.0814 e. The summed E-state index contributed by atoms with van der Waals surface area (Å²) in [4.78, 5) is 2.65. The fourth-order valence-electron chi connectivity index (χ4n) is 1.96. The van der Waals surface area contributed by atoms with Gasteiger partial charge in [0.25, 0.3) is 0 Å². The van der Waals surface area contributed by atoms with Crippen LogP contribution in [0.1, 0.15) is 29.2 Å². The first-order chi connectivity index (χ1) is 10.1. The van der Waals surface area contributed by atoms with E-state index in [0.29, 0.717) is 19.1 Å². The quantitative estimate of drug-likeness (QED) is 0.710. The molecule has 0 aliphatic carbocycles. The Bertz CT molecular complexity index is 553. The third-order valence-electron chi connectivity index (χ3n) is 3.03. The highest BCUT2D eigenvalue weighted by Crippen LogP contribution is 2.20. The highest BCUT2D eigenvalue weighted by atomic mass is 79.9. The van der Waals surface area contributed by atoms with Crippen molar-refractivity contribution in [3.05, 3.63) is 56.2 Å². The van der Waals surface area contributed by atoms with E-state index in [1.165, 1.54) is 15.3 Å². The zero-order valence-electron chi connectivity index (χ0n) is 12.6. The van der Waals surface area contributed by atoms with E-state index in [2.05, 4.69) is 53.3 Å². The molecule has 0 bridgehead atoms. The van der Waals surface area contributed by atoms with E-state index in [1.807, 2.05) is 29.5 Å². The molecule has 0 amide bonds. The molecule has 4 heteroatoms. The van der Waals surface area contributed by atoms with Gasteiger partial charge in [0.05, 0.1) is 13.2 Å². The van der Waals surface area contributed by atoms with Crippen molar-refractivity contribution in [2.75, 3.05) is 6.54 Å². The number of halogens is 1. The number of benzene rings is 1. The van der Waals surface area contributed by atoms with Crippen LogP contribution in [0.15, 0.2) is 40.9 Å². The summed E-state index contributed by atoms with van der Waals surface area (Å²) in [6, 6.07) is 12.5. The number of hydrogen-bond donors (Lipinski definition) is 1. The van der Waals surface area contributed by atoms with Gasteiger partial charge in [-0.2, -0.15) is 0 Å². The molecule has 2 nitrogen and oxygen atoms in total. The fourth-order valence-corrected chi connectivity index (χ4v) is 3.28. The van der Waals surface area contributed by atoms with Gasteiger partial charge >= 0.3 is 0 Å². The first-order valence-corrected chi connectivity index (χ1v) is 8.85. The molecule has 1 aromatic carbocycles. The third-order valence-corrected chi connectivity index (χ3v) is 4.86. The van der Waals surface area contributed by atoms with Gasteiger partial charge in [0.1, 0.15) is 0 Å². The Morgan fingerprint density at radius 2 is 1.86 bits per heavy atom. The van der Waals surface area contributed by atoms with Crippen LogP contribution in [0.4, 0.5) is 0 Å². The number of nitrogens with one attached hydrogen (secondary N) is 1. The minimum absolute atomic E-state index is 0.639. The molecule has 2 rings (SSSR count). The molecule has 0 atom stereocenters. The molecule has 1 N–H and O–H groups in total. The van der Waals surface area contributed by atoms with Crippen molar-refractivity contribution in [2.45, 2.75) is 33.6 Å². The molecule has 0 radical (unpaired) electrons. The van der Waals surface area contributed by atoms with Crippen LogP contribution in [-0.2, 0) is 24.5 Å². The summed E-state index contributed by atoms with van der Waals surface area (Å²) in [5, 5.41) is 3.47. The summed E-state index contributed by atoms with van der Waals surface area (Å²) in [6.07, 6.45) is 0. The van der Waals surface area contributed by atoms with Crippen LogP contribution in [-0.4, -0.2) is 6.54 Å². The second-order valence-electron chi connectivity index (χ2n) is 5.48. The Balaban J connectivity index is 1.74. The van der Waals surface area contributed by atoms with E-state index in [1.54, 1.807) is 0 Å². The average molecular weight is 368 g/mol. The summed E-state index contributed by atoms with van der Waals surface area (Å²) in [5.74, 6) is 0.692. The number of thiophene rings is 1. The highest BCUT2D eigenvalue weighted by Gasteiger charge is 2.03. The van der Waals surface area contributed by atoms with E-state index in [-0.39, 0.29) is 0 Å². The first kappa shape index (κ1) is 16.7. The van der Waals surface area contributed by atoms with E-state index in [4.69, 9.17) is 4.74 Å². The molecular weight excluding hydrogens is 346 g/mol. The topological polar surface area (TPSA) is 21.3 Å². The molecule has 2 aromatic rings. The molecule has 0 unspecified atom stereocenters. The molecule has 0 fully saturated rings. The second kappa shape index (κ2) is 8.69. The van der Waals surface area contributed by atoms with Gasteiger partial charge in [-0.3, -0.25) is 0 Å². The number of rotatable bonds is 8. The molecule has 114 valence electrons. The van der Waals surface area contributed by atoms with Crippen LogP contribution in [0.5, 0.6) is 0 Å². The monoisotopic (exact) mass is 367 g/mol. The van der Waals surface area contributed by atoms with Crippen LogP contribution in [0.2, 0.25) is 0 Å². The lowest BCUT2D eigenvalue weighted by atomic mass is 10.2. The van der Waals surface area contributed by atoms with E-state index in [0.717, 1.165) is 17.6 Å². The molecule has 0 saturated heterocycles. The standard InChI is InChI=1S/C17H22BrNOS/c1-13(2)9-19-10-15-7-8-16(21-15)12-20-11-14-5-3-4-6-17(14)18/h3-8,13,19H,9-12H2,1-2H3. The van der Waals surface area contributed by atoms with Gasteiger partial charge < -0.3 is 10.1 Å². The molecule has 21 heavy (non-hydrogen) atoms. The minimum atomic E-state index is 0.639. The van der Waals surface area contributed by atoms with Crippen LogP contribution < -0.4 is 5.32 Å². The normalized spacial score (nSPS) is 11.2. The fraction of sp³-hybridized carbons (Fsp3) is 0.412. The van der Waals surface area contributed by atoms with Gasteiger partial charge in [-0.05, 0) is 36.2 Å². The Hall–Kier alpha value is -0.680. The maximum Gasteiger partial charge on any atom is 0.0814 e. The molecule has 0 spiro atoms. The Morgan fingerprint density at radius 3 is 2.62 bits per heavy atom. The van der Waals surface area contributed by atoms with Gasteiger partial charge in [-0.15, -0.1) is 11.3 Å². The molecule has 1 heterocycles. The van der Waals surface area contributed by atoms with Gasteiger partial charge in [0.2, 0.25) is 0 Å². The van der Waals surface area contributed by atoms with Crippen molar-refractivity contribution in [3.63, 3.8) is 0 Å². The van der Waals surface area contributed by atoms with Gasteiger partial charge in [0.15, 0.2) is 0 Å². The van der Waals surface area contributed by atoms with Crippen LogP contribution in [0, 0.1) is 5.92 Å². The molecule has 1 aromatic heterocycles. The minimum Gasteiger partial charge on any atom is -0.371 e. The number of ether oxygens (including phenoxy) is 1. The SMILES string of the molecule is CC(C)CNCc1ccc(COCc2ccccc2Br)s1. The van der Waals surface area contributed by atoms with Gasteiger partial charge in [0, 0.05) is 20.8 Å². The van der Waals surface area contributed by atoms with E-state index in [9.17, 15) is 0 Å². The Kier molecular flexibility index (Phi) is 6.90. The van der Waals surface area contributed by atoms with Gasteiger partial charge in [-0.1, -0.05) is 48.0 Å². The summed E-state index contributed by atoms with van der Waals surface area (Å²) >= 11 is 5.37. The maximum atomic E-state index is 5.80. The van der Waals surface area contributed by atoms with Gasteiger partial charge in [-0.25, -0.2) is 0 Å². The Morgan fingerprint density at radius 1 is 1.10 bits per heavy atom. The number of hydrogen-bond acceptors (Lipinski definition) is 3. The van der Waals surface area contributed by atoms with Crippen molar-refractivity contribution >= 4 is 27.3 Å². The zero-order chi connectivity index (χ0) is 15.1. The van der Waals surface area contributed by atoms with Crippen molar-refractivity contribution in [1.29, 1.82) is 0 Å². The lowest BCUT2D eigenvalue weighted by molar-refractivity contribution is 0.109. The summed E-state index contributed by atoms with van der Waals surface area (Å²) < 4.78 is 6.91. The highest BCUT2D eigenvalue weighted by molar-refractivity contribution is 9.10. The van der Waals surface area contributed by atoms with E-state index < -0.39 is 0 Å². The van der Waals surface area contributed by atoms with Crippen LogP contribution in [0.25, 0.3) is 0 Å². The summed E-state index contributed by atoms with van der Waals surface area (Å²) in [5.41, 5.74) is 1.19. The van der Waals surface area contributed by atoms with Crippen molar-refractivity contribution in [2.24, 2.45) is 5.92 Å². The van der Waals surface area contributed by atoms with Crippen LogP contribution in [0.3, 0.4) is 0 Å². The van der Waals surface area contributed by atoms with Crippen LogP contribution >= 0.6 is 27.3 Å². The van der Waals surface area contributed by atoms with Crippen molar-refractivity contribution in [1.82, 2.24) is 5.32 Å². The summed E-state index contributed by atoms with van der Waals surface area (Å²) in [7, 11) is 0. The Labute approximate surface area is 139 Å². The predicted molar refractivity (Wildman–Crippen MR) is 93.5 cm³/mol. The average Bonchev–Trinajstić information content (AvgIpc) is 2.88. The molecular formula is C17H22BrNOS. The molecule has 0 aliphatic heterocycles. The lowest BCUT2D eigenvalue weighted by Gasteiger charge is -2.06. The maximum absolute atomic E-state index is 5.80. The van der Waals surface area contributed by atoms with Crippen molar-refractivity contribution in [3.8, 4) is 0 Å². The zero-order valence-corrected chi connectivity index (χ0v) is 15.0. The van der Waals surface area contributed by atoms with Crippen molar-refractivity contribution < 1.29 is 4.74 Å². The largest absolute Gasteiger partial charge is 0.371 e. The predicted octanol–water partition coefficient (Wildman–Crippen LogP) is 4.97. The third kappa shape index (κ3) is 5.91. The first-order valence-electron chi connectivity index (χ1n) is 7.24. The lowest BCUT2D eigenvalue weighted by Crippen LogP contribution is -2.18.